The van der Waals surface area contributed by atoms with Crippen LogP contribution in [0.5, 0.6) is 0 Å². The molecule has 1 fully saturated rings. The number of rotatable bonds is 1. The molecule has 1 amide bonds. The Morgan fingerprint density at radius 2 is 2.29 bits per heavy atom. The van der Waals surface area contributed by atoms with E-state index in [4.69, 9.17) is 4.74 Å². The highest BCUT2D eigenvalue weighted by molar-refractivity contribution is 5.69. The van der Waals surface area contributed by atoms with E-state index < -0.39 is 5.60 Å². The summed E-state index contributed by atoms with van der Waals surface area (Å²) in [6.45, 7) is 6.46. The van der Waals surface area contributed by atoms with Gasteiger partial charge in [0.15, 0.2) is 0 Å². The number of hydrogen-bond acceptors (Lipinski definition) is 2. The monoisotopic (exact) mass is 236 g/mol. The van der Waals surface area contributed by atoms with E-state index in [-0.39, 0.29) is 12.1 Å². The maximum absolute atomic E-state index is 12.1. The van der Waals surface area contributed by atoms with Crippen LogP contribution in [0.25, 0.3) is 0 Å². The van der Waals surface area contributed by atoms with Gasteiger partial charge in [-0.3, -0.25) is 4.90 Å². The fourth-order valence-corrected chi connectivity index (χ4v) is 2.18. The molecule has 0 spiro atoms. The standard InChI is InChI=1S/C13H20N2O2/c1-13(2,3)17-12(16)15-9-5-7-11(15)10-6-4-8-14-10/h4,6,8,11,14H,5,7,9H2,1-3H3. The maximum atomic E-state index is 12.1. The van der Waals surface area contributed by atoms with Gasteiger partial charge in [-0.2, -0.15) is 0 Å². The van der Waals surface area contributed by atoms with Gasteiger partial charge < -0.3 is 9.72 Å². The number of ether oxygens (including phenoxy) is 1. The highest BCUT2D eigenvalue weighted by atomic mass is 16.6. The molecule has 2 heterocycles. The van der Waals surface area contributed by atoms with Crippen molar-refractivity contribution < 1.29 is 9.53 Å². The second-order valence-corrected chi connectivity index (χ2v) is 5.46. The average molecular weight is 236 g/mol. The van der Waals surface area contributed by atoms with Crippen molar-refractivity contribution in [3.05, 3.63) is 24.0 Å². The van der Waals surface area contributed by atoms with Crippen molar-refractivity contribution in [2.24, 2.45) is 0 Å². The number of hydrogen-bond donors (Lipinski definition) is 1. The molecule has 0 bridgehead atoms. The van der Waals surface area contributed by atoms with Crippen LogP contribution in [0.1, 0.15) is 45.3 Å². The van der Waals surface area contributed by atoms with E-state index in [0.29, 0.717) is 0 Å². The van der Waals surface area contributed by atoms with E-state index >= 15 is 0 Å². The first-order valence-corrected chi connectivity index (χ1v) is 6.10. The zero-order valence-corrected chi connectivity index (χ0v) is 10.7. The summed E-state index contributed by atoms with van der Waals surface area (Å²) in [4.78, 5) is 17.1. The SMILES string of the molecule is CC(C)(C)OC(=O)N1CCCC1c1ccc[nH]1. The summed E-state index contributed by atoms with van der Waals surface area (Å²) in [6.07, 6.45) is 3.71. The van der Waals surface area contributed by atoms with Crippen LogP contribution in [0, 0.1) is 0 Å². The van der Waals surface area contributed by atoms with Gasteiger partial charge in [-0.1, -0.05) is 0 Å². The van der Waals surface area contributed by atoms with Gasteiger partial charge in [0.2, 0.25) is 0 Å². The lowest BCUT2D eigenvalue weighted by Crippen LogP contribution is -2.36. The van der Waals surface area contributed by atoms with Gasteiger partial charge >= 0.3 is 6.09 Å². The van der Waals surface area contributed by atoms with Crippen molar-refractivity contribution in [1.29, 1.82) is 0 Å². The van der Waals surface area contributed by atoms with Gasteiger partial charge in [-0.25, -0.2) is 4.79 Å². The Labute approximate surface area is 102 Å². The Balaban J connectivity index is 2.07. The Bertz CT molecular complexity index is 379. The average Bonchev–Trinajstić information content (AvgIpc) is 2.85. The minimum atomic E-state index is -0.431. The number of carbonyl (C=O) groups excluding carboxylic acids is 1. The molecule has 1 aliphatic rings. The third kappa shape index (κ3) is 2.81. The molecular formula is C13H20N2O2. The molecule has 17 heavy (non-hydrogen) atoms. The summed E-state index contributed by atoms with van der Waals surface area (Å²) < 4.78 is 5.42. The van der Waals surface area contributed by atoms with E-state index in [1.807, 2.05) is 44.0 Å². The number of aromatic amines is 1. The van der Waals surface area contributed by atoms with Gasteiger partial charge in [0.1, 0.15) is 5.60 Å². The fraction of sp³-hybridized carbons (Fsp3) is 0.615. The molecule has 94 valence electrons. The first kappa shape index (κ1) is 12.0. The minimum Gasteiger partial charge on any atom is -0.444 e. The van der Waals surface area contributed by atoms with Gasteiger partial charge in [0.05, 0.1) is 6.04 Å². The number of nitrogens with zero attached hydrogens (tertiary/aromatic N) is 1. The minimum absolute atomic E-state index is 0.139. The summed E-state index contributed by atoms with van der Waals surface area (Å²) in [6, 6.07) is 4.12. The van der Waals surface area contributed by atoms with E-state index in [9.17, 15) is 4.79 Å². The van der Waals surface area contributed by atoms with Crippen LogP contribution in [0.4, 0.5) is 4.79 Å². The topological polar surface area (TPSA) is 45.3 Å². The molecule has 4 heteroatoms. The number of likely N-dealkylation sites (tertiary alicyclic amines) is 1. The fourth-order valence-electron chi connectivity index (χ4n) is 2.18. The zero-order valence-electron chi connectivity index (χ0n) is 10.7. The number of nitrogens with one attached hydrogen (secondary N) is 1. The number of aromatic nitrogens is 1. The summed E-state index contributed by atoms with van der Waals surface area (Å²) in [5.74, 6) is 0. The summed E-state index contributed by atoms with van der Waals surface area (Å²) in [7, 11) is 0. The van der Waals surface area contributed by atoms with Crippen LogP contribution >= 0.6 is 0 Å². The lowest BCUT2D eigenvalue weighted by atomic mass is 10.1. The lowest BCUT2D eigenvalue weighted by Gasteiger charge is -2.28. The highest BCUT2D eigenvalue weighted by Crippen LogP contribution is 2.32. The molecule has 0 radical (unpaired) electrons. The predicted octanol–water partition coefficient (Wildman–Crippen LogP) is 3.09. The Morgan fingerprint density at radius 3 is 2.88 bits per heavy atom. The Kier molecular flexibility index (Phi) is 3.13. The van der Waals surface area contributed by atoms with Crippen LogP contribution in [0.3, 0.4) is 0 Å². The Hall–Kier alpha value is -1.45. The van der Waals surface area contributed by atoms with Gasteiger partial charge in [-0.05, 0) is 45.7 Å². The van der Waals surface area contributed by atoms with Crippen molar-refractivity contribution >= 4 is 6.09 Å². The summed E-state index contributed by atoms with van der Waals surface area (Å²) in [5, 5.41) is 0. The van der Waals surface area contributed by atoms with Gasteiger partial charge in [-0.15, -0.1) is 0 Å². The lowest BCUT2D eigenvalue weighted by molar-refractivity contribution is 0.0222. The van der Waals surface area contributed by atoms with Crippen LogP contribution in [0.15, 0.2) is 18.3 Å². The smallest absolute Gasteiger partial charge is 0.410 e. The van der Waals surface area contributed by atoms with E-state index in [0.717, 1.165) is 25.1 Å². The summed E-state index contributed by atoms with van der Waals surface area (Å²) >= 11 is 0. The zero-order chi connectivity index (χ0) is 12.5. The van der Waals surface area contributed by atoms with Crippen LogP contribution in [0.2, 0.25) is 0 Å². The van der Waals surface area contributed by atoms with Crippen LogP contribution < -0.4 is 0 Å². The molecule has 0 aromatic carbocycles. The van der Waals surface area contributed by atoms with Crippen molar-refractivity contribution in [2.75, 3.05) is 6.54 Å². The first-order chi connectivity index (χ1) is 7.97. The molecule has 2 rings (SSSR count). The molecule has 0 saturated carbocycles. The molecular weight excluding hydrogens is 216 g/mol. The van der Waals surface area contributed by atoms with Crippen LogP contribution in [-0.4, -0.2) is 28.1 Å². The van der Waals surface area contributed by atoms with Gasteiger partial charge in [0.25, 0.3) is 0 Å². The molecule has 1 unspecified atom stereocenters. The second kappa shape index (κ2) is 4.43. The highest BCUT2D eigenvalue weighted by Gasteiger charge is 2.33. The third-order valence-corrected chi connectivity index (χ3v) is 2.86. The van der Waals surface area contributed by atoms with Crippen molar-refractivity contribution in [3.63, 3.8) is 0 Å². The largest absolute Gasteiger partial charge is 0.444 e. The van der Waals surface area contributed by atoms with Gasteiger partial charge in [0, 0.05) is 18.4 Å². The van der Waals surface area contributed by atoms with Crippen molar-refractivity contribution in [1.82, 2.24) is 9.88 Å². The first-order valence-electron chi connectivity index (χ1n) is 6.10. The Morgan fingerprint density at radius 1 is 1.53 bits per heavy atom. The normalized spacial score (nSPS) is 20.6. The van der Waals surface area contributed by atoms with E-state index in [1.54, 1.807) is 0 Å². The van der Waals surface area contributed by atoms with Crippen molar-refractivity contribution in [3.8, 4) is 0 Å². The molecule has 1 N–H and O–H groups in total. The summed E-state index contributed by atoms with van der Waals surface area (Å²) in [5.41, 5.74) is 0.660. The number of amides is 1. The third-order valence-electron chi connectivity index (χ3n) is 2.86. The molecule has 1 atom stereocenters. The number of carbonyl (C=O) groups is 1. The molecule has 4 nitrogen and oxygen atoms in total. The maximum Gasteiger partial charge on any atom is 0.410 e. The quantitative estimate of drug-likeness (QED) is 0.814. The molecule has 1 saturated heterocycles. The van der Waals surface area contributed by atoms with E-state index in [2.05, 4.69) is 4.98 Å². The predicted molar refractivity (Wildman–Crippen MR) is 65.7 cm³/mol. The molecule has 1 aromatic heterocycles. The number of H-pyrrole nitrogens is 1. The molecule has 1 aromatic rings. The van der Waals surface area contributed by atoms with Crippen LogP contribution in [-0.2, 0) is 4.74 Å². The van der Waals surface area contributed by atoms with E-state index in [1.165, 1.54) is 0 Å². The molecule has 0 aliphatic carbocycles. The molecule has 1 aliphatic heterocycles. The second-order valence-electron chi connectivity index (χ2n) is 5.46. The van der Waals surface area contributed by atoms with Crippen molar-refractivity contribution in [2.45, 2.75) is 45.3 Å².